The topological polar surface area (TPSA) is 54.9 Å². The number of nitrogens with zero attached hydrogens (tertiary/aromatic N) is 1. The maximum absolute atomic E-state index is 13.7. The van der Waals surface area contributed by atoms with Gasteiger partial charge in [0.15, 0.2) is 0 Å². The first kappa shape index (κ1) is 14.5. The van der Waals surface area contributed by atoms with Crippen molar-refractivity contribution in [2.75, 3.05) is 0 Å². The third-order valence-electron chi connectivity index (χ3n) is 2.82. The molecule has 0 radical (unpaired) electrons. The lowest BCUT2D eigenvalue weighted by atomic mass is 10.1. The normalized spacial score (nSPS) is 11.1. The average Bonchev–Trinajstić information content (AvgIpc) is 2.30. The van der Waals surface area contributed by atoms with Crippen LogP contribution in [-0.2, 0) is 0 Å². The number of hydrogen-bond acceptors (Lipinski definition) is 2. The van der Waals surface area contributed by atoms with Gasteiger partial charge < -0.3 is 0 Å². The van der Waals surface area contributed by atoms with Crippen molar-refractivity contribution in [2.45, 2.75) is 19.8 Å². The van der Waals surface area contributed by atoms with Gasteiger partial charge in [-0.05, 0) is 18.1 Å². The van der Waals surface area contributed by atoms with Crippen LogP contribution < -0.4 is 11.2 Å². The van der Waals surface area contributed by atoms with E-state index in [1.165, 1.54) is 0 Å². The summed E-state index contributed by atoms with van der Waals surface area (Å²) in [7, 11) is 0. The number of halogens is 3. The van der Waals surface area contributed by atoms with Crippen molar-refractivity contribution in [2.24, 2.45) is 0 Å². The van der Waals surface area contributed by atoms with Gasteiger partial charge in [0.05, 0.1) is 11.3 Å². The molecule has 106 valence electrons. The second kappa shape index (κ2) is 5.20. The quantitative estimate of drug-likeness (QED) is 0.867. The smallest absolute Gasteiger partial charge is 0.297 e. The van der Waals surface area contributed by atoms with Gasteiger partial charge in [-0.3, -0.25) is 9.78 Å². The summed E-state index contributed by atoms with van der Waals surface area (Å²) in [6.45, 7) is 3.43. The predicted molar refractivity (Wildman–Crippen MR) is 71.7 cm³/mol. The summed E-state index contributed by atoms with van der Waals surface area (Å²) in [5, 5.41) is -0.0752. The standard InChI is InChI=1S/C13H11ClF2N2O2/c1-6(2)10-11(14)17-13(20)18(12(10)19)9-4-3-7(15)5-8(9)16/h3-6H,1-2H3,(H,17,20). The maximum Gasteiger partial charge on any atom is 0.334 e. The van der Waals surface area contributed by atoms with Crippen molar-refractivity contribution in [3.05, 3.63) is 61.4 Å². The van der Waals surface area contributed by atoms with E-state index in [2.05, 4.69) is 4.98 Å². The predicted octanol–water partition coefficient (Wildman–Crippen LogP) is 2.58. The molecule has 0 spiro atoms. The first-order chi connectivity index (χ1) is 9.32. The number of H-pyrrole nitrogens is 1. The van der Waals surface area contributed by atoms with Crippen molar-refractivity contribution in [1.82, 2.24) is 9.55 Å². The Morgan fingerprint density at radius 1 is 1.25 bits per heavy atom. The van der Waals surface area contributed by atoms with Crippen LogP contribution in [0.5, 0.6) is 0 Å². The van der Waals surface area contributed by atoms with E-state index >= 15 is 0 Å². The van der Waals surface area contributed by atoms with Crippen LogP contribution in [0.1, 0.15) is 25.3 Å². The molecule has 0 atom stereocenters. The van der Waals surface area contributed by atoms with Gasteiger partial charge in [-0.2, -0.15) is 0 Å². The Kier molecular flexibility index (Phi) is 3.76. The number of rotatable bonds is 2. The van der Waals surface area contributed by atoms with Gasteiger partial charge in [0, 0.05) is 6.07 Å². The number of nitrogens with one attached hydrogen (secondary N) is 1. The molecule has 4 nitrogen and oxygen atoms in total. The zero-order valence-corrected chi connectivity index (χ0v) is 11.5. The molecule has 0 bridgehead atoms. The third-order valence-corrected chi connectivity index (χ3v) is 3.12. The lowest BCUT2D eigenvalue weighted by Gasteiger charge is -2.11. The first-order valence-electron chi connectivity index (χ1n) is 5.83. The molecule has 0 saturated heterocycles. The molecule has 1 aromatic carbocycles. The van der Waals surface area contributed by atoms with E-state index in [-0.39, 0.29) is 22.3 Å². The van der Waals surface area contributed by atoms with E-state index < -0.39 is 22.9 Å². The zero-order valence-electron chi connectivity index (χ0n) is 10.7. The minimum atomic E-state index is -1.00. The van der Waals surface area contributed by atoms with E-state index in [4.69, 9.17) is 11.6 Å². The van der Waals surface area contributed by atoms with Gasteiger partial charge in [0.2, 0.25) is 0 Å². The highest BCUT2D eigenvalue weighted by Crippen LogP contribution is 2.18. The van der Waals surface area contributed by atoms with Crippen LogP contribution in [0.3, 0.4) is 0 Å². The van der Waals surface area contributed by atoms with Gasteiger partial charge in [-0.1, -0.05) is 25.4 Å². The average molecular weight is 301 g/mol. The second-order valence-electron chi connectivity index (χ2n) is 4.55. The molecular weight excluding hydrogens is 290 g/mol. The van der Waals surface area contributed by atoms with E-state index in [1.54, 1.807) is 13.8 Å². The second-order valence-corrected chi connectivity index (χ2v) is 4.93. The molecular formula is C13H11ClF2N2O2. The van der Waals surface area contributed by atoms with Gasteiger partial charge in [0.25, 0.3) is 5.56 Å². The Balaban J connectivity index is 2.85. The van der Waals surface area contributed by atoms with Gasteiger partial charge in [-0.15, -0.1) is 0 Å². The number of aromatic amines is 1. The highest BCUT2D eigenvalue weighted by molar-refractivity contribution is 6.30. The van der Waals surface area contributed by atoms with E-state index in [0.717, 1.165) is 12.1 Å². The van der Waals surface area contributed by atoms with Crippen molar-refractivity contribution in [1.29, 1.82) is 0 Å². The maximum atomic E-state index is 13.7. The molecule has 1 heterocycles. The Morgan fingerprint density at radius 3 is 2.45 bits per heavy atom. The molecule has 0 fully saturated rings. The summed E-state index contributed by atoms with van der Waals surface area (Å²) in [5.41, 5.74) is -1.76. The Hall–Kier alpha value is -1.95. The van der Waals surface area contributed by atoms with Crippen molar-refractivity contribution >= 4 is 11.6 Å². The fourth-order valence-corrected chi connectivity index (χ4v) is 2.29. The van der Waals surface area contributed by atoms with Crippen LogP contribution in [0.2, 0.25) is 5.15 Å². The monoisotopic (exact) mass is 300 g/mol. The summed E-state index contributed by atoms with van der Waals surface area (Å²) >= 11 is 5.83. The molecule has 0 saturated carbocycles. The minimum absolute atomic E-state index is 0.0752. The van der Waals surface area contributed by atoms with Gasteiger partial charge in [0.1, 0.15) is 16.8 Å². The number of aromatic nitrogens is 2. The fourth-order valence-electron chi connectivity index (χ4n) is 1.91. The Labute approximate surface area is 117 Å². The highest BCUT2D eigenvalue weighted by atomic mass is 35.5. The van der Waals surface area contributed by atoms with Crippen LogP contribution in [-0.4, -0.2) is 9.55 Å². The summed E-state index contributed by atoms with van der Waals surface area (Å²) in [5.74, 6) is -2.06. The van der Waals surface area contributed by atoms with Crippen LogP contribution >= 0.6 is 11.6 Å². The zero-order chi connectivity index (χ0) is 15.0. The van der Waals surface area contributed by atoms with E-state index in [1.807, 2.05) is 0 Å². The molecule has 0 aliphatic heterocycles. The largest absolute Gasteiger partial charge is 0.334 e. The Bertz CT molecular complexity index is 781. The molecule has 20 heavy (non-hydrogen) atoms. The molecule has 0 amide bonds. The van der Waals surface area contributed by atoms with Crippen LogP contribution in [0.15, 0.2) is 27.8 Å². The number of hydrogen-bond donors (Lipinski definition) is 1. The first-order valence-corrected chi connectivity index (χ1v) is 6.21. The van der Waals surface area contributed by atoms with Crippen molar-refractivity contribution in [3.63, 3.8) is 0 Å². The van der Waals surface area contributed by atoms with Crippen molar-refractivity contribution in [3.8, 4) is 5.69 Å². The summed E-state index contributed by atoms with van der Waals surface area (Å²) in [6.07, 6.45) is 0. The third kappa shape index (κ3) is 2.38. The molecule has 2 aromatic rings. The molecule has 7 heteroatoms. The van der Waals surface area contributed by atoms with E-state index in [0.29, 0.717) is 10.6 Å². The highest BCUT2D eigenvalue weighted by Gasteiger charge is 2.18. The lowest BCUT2D eigenvalue weighted by Crippen LogP contribution is -2.37. The van der Waals surface area contributed by atoms with Crippen LogP contribution in [0.25, 0.3) is 5.69 Å². The molecule has 2 rings (SSSR count). The fraction of sp³-hybridized carbons (Fsp3) is 0.231. The lowest BCUT2D eigenvalue weighted by molar-refractivity contribution is 0.573. The number of benzene rings is 1. The minimum Gasteiger partial charge on any atom is -0.297 e. The molecule has 0 unspecified atom stereocenters. The molecule has 0 aliphatic rings. The molecule has 1 aromatic heterocycles. The SMILES string of the molecule is CC(C)c1c(Cl)[nH]c(=O)n(-c2ccc(F)cc2F)c1=O. The molecule has 1 N–H and O–H groups in total. The van der Waals surface area contributed by atoms with Gasteiger partial charge >= 0.3 is 5.69 Å². The summed E-state index contributed by atoms with van der Waals surface area (Å²) < 4.78 is 27.3. The summed E-state index contributed by atoms with van der Waals surface area (Å²) in [6, 6.07) is 2.60. The van der Waals surface area contributed by atoms with Crippen LogP contribution in [0, 0.1) is 11.6 Å². The van der Waals surface area contributed by atoms with Crippen LogP contribution in [0.4, 0.5) is 8.78 Å². The van der Waals surface area contributed by atoms with Crippen molar-refractivity contribution < 1.29 is 8.78 Å². The van der Waals surface area contributed by atoms with Gasteiger partial charge in [-0.25, -0.2) is 18.1 Å². The Morgan fingerprint density at radius 2 is 1.90 bits per heavy atom. The van der Waals surface area contributed by atoms with E-state index in [9.17, 15) is 18.4 Å². The molecule has 0 aliphatic carbocycles. The summed E-state index contributed by atoms with van der Waals surface area (Å²) in [4.78, 5) is 26.4.